The summed E-state index contributed by atoms with van der Waals surface area (Å²) in [6, 6.07) is 8.03. The summed E-state index contributed by atoms with van der Waals surface area (Å²) in [5.41, 5.74) is 2.01. The van der Waals surface area contributed by atoms with E-state index in [4.69, 9.17) is 0 Å². The fraction of sp³-hybridized carbons (Fsp3) is 0.154. The van der Waals surface area contributed by atoms with Gasteiger partial charge in [0.2, 0.25) is 0 Å². The zero-order valence-electron chi connectivity index (χ0n) is 10.4. The molecule has 1 N–H and O–H groups in total. The number of nitrogens with one attached hydrogen (secondary N) is 1. The molecule has 2 heterocycles. The van der Waals surface area contributed by atoms with Crippen LogP contribution in [-0.2, 0) is 6.54 Å². The summed E-state index contributed by atoms with van der Waals surface area (Å²) in [7, 11) is 0. The fourth-order valence-corrected chi connectivity index (χ4v) is 2.56. The largest absolute Gasteiger partial charge is 0.378 e. The van der Waals surface area contributed by atoms with Crippen LogP contribution in [0.1, 0.15) is 9.88 Å². The molecular weight excluding hydrogens is 258 g/mol. The van der Waals surface area contributed by atoms with E-state index >= 15 is 0 Å². The number of anilines is 1. The maximum absolute atomic E-state index is 4.25. The van der Waals surface area contributed by atoms with E-state index in [1.165, 1.54) is 11.2 Å². The number of rotatable bonds is 4. The number of hydrogen-bond donors (Lipinski definition) is 1. The molecule has 0 unspecified atom stereocenters. The summed E-state index contributed by atoms with van der Waals surface area (Å²) in [5, 5.41) is 8.66. The van der Waals surface area contributed by atoms with Crippen molar-refractivity contribution >= 4 is 17.0 Å². The van der Waals surface area contributed by atoms with Crippen LogP contribution < -0.4 is 5.32 Å². The van der Waals surface area contributed by atoms with E-state index in [-0.39, 0.29) is 0 Å². The van der Waals surface area contributed by atoms with Crippen molar-refractivity contribution in [2.45, 2.75) is 13.5 Å². The highest BCUT2D eigenvalue weighted by Gasteiger charge is 2.05. The minimum atomic E-state index is 0.761. The molecule has 0 radical (unpaired) electrons. The van der Waals surface area contributed by atoms with Gasteiger partial charge in [0.25, 0.3) is 0 Å². The molecule has 0 spiro atoms. The van der Waals surface area contributed by atoms with E-state index in [9.17, 15) is 0 Å². The minimum absolute atomic E-state index is 0.761. The first-order valence-corrected chi connectivity index (χ1v) is 6.74. The number of aromatic nitrogens is 4. The van der Waals surface area contributed by atoms with Crippen LogP contribution >= 0.6 is 11.3 Å². The lowest BCUT2D eigenvalue weighted by atomic mass is 10.2. The standard InChI is InChI=1S/C13H13N5S/c1-10-15-6-11(19-10)7-16-12-4-2-3-5-13(12)18-9-14-8-17-18/h2-6,8-9,16H,7H2,1H3. The number of hydrogen-bond acceptors (Lipinski definition) is 5. The lowest BCUT2D eigenvalue weighted by Gasteiger charge is -2.10. The summed E-state index contributed by atoms with van der Waals surface area (Å²) >= 11 is 1.70. The van der Waals surface area contributed by atoms with Crippen molar-refractivity contribution in [1.29, 1.82) is 0 Å². The predicted molar refractivity (Wildman–Crippen MR) is 75.5 cm³/mol. The Balaban J connectivity index is 1.81. The van der Waals surface area contributed by atoms with Crippen molar-refractivity contribution in [3.05, 3.63) is 53.0 Å². The highest BCUT2D eigenvalue weighted by molar-refractivity contribution is 7.11. The van der Waals surface area contributed by atoms with E-state index < -0.39 is 0 Å². The van der Waals surface area contributed by atoms with Crippen LogP contribution in [-0.4, -0.2) is 19.7 Å². The molecule has 6 heteroatoms. The molecule has 19 heavy (non-hydrogen) atoms. The second-order valence-corrected chi connectivity index (χ2v) is 5.38. The molecule has 0 bridgehead atoms. The van der Waals surface area contributed by atoms with Gasteiger partial charge in [-0.25, -0.2) is 14.6 Å². The fourth-order valence-electron chi connectivity index (χ4n) is 1.82. The van der Waals surface area contributed by atoms with E-state index in [2.05, 4.69) is 20.4 Å². The smallest absolute Gasteiger partial charge is 0.138 e. The maximum Gasteiger partial charge on any atom is 0.138 e. The Bertz CT molecular complexity index is 659. The SMILES string of the molecule is Cc1ncc(CNc2ccccc2-n2cncn2)s1. The van der Waals surface area contributed by atoms with Gasteiger partial charge in [-0.05, 0) is 19.1 Å². The third kappa shape index (κ3) is 2.63. The lowest BCUT2D eigenvalue weighted by Crippen LogP contribution is -2.03. The van der Waals surface area contributed by atoms with Crippen molar-refractivity contribution in [2.75, 3.05) is 5.32 Å². The van der Waals surface area contributed by atoms with Crippen LogP contribution in [0.2, 0.25) is 0 Å². The third-order valence-corrected chi connectivity index (χ3v) is 3.60. The summed E-state index contributed by atoms with van der Waals surface area (Å²) in [6.45, 7) is 2.77. The normalized spacial score (nSPS) is 10.6. The molecule has 0 aliphatic heterocycles. The maximum atomic E-state index is 4.25. The van der Waals surface area contributed by atoms with Crippen LogP contribution in [0.15, 0.2) is 43.1 Å². The number of nitrogens with zero attached hydrogens (tertiary/aromatic N) is 4. The van der Waals surface area contributed by atoms with Crippen LogP contribution in [0.25, 0.3) is 5.69 Å². The number of para-hydroxylation sites is 2. The zero-order valence-corrected chi connectivity index (χ0v) is 11.3. The Morgan fingerprint density at radius 1 is 1.32 bits per heavy atom. The highest BCUT2D eigenvalue weighted by Crippen LogP contribution is 2.20. The summed E-state index contributed by atoms with van der Waals surface area (Å²) < 4.78 is 1.75. The Hall–Kier alpha value is -2.21. The van der Waals surface area contributed by atoms with Gasteiger partial charge < -0.3 is 5.32 Å². The molecule has 96 valence electrons. The molecule has 0 saturated heterocycles. The zero-order chi connectivity index (χ0) is 13.1. The van der Waals surface area contributed by atoms with Gasteiger partial charge in [0.05, 0.1) is 22.9 Å². The van der Waals surface area contributed by atoms with E-state index in [1.54, 1.807) is 22.3 Å². The Morgan fingerprint density at radius 2 is 2.21 bits per heavy atom. The molecular formula is C13H13N5S. The van der Waals surface area contributed by atoms with Gasteiger partial charge in [0, 0.05) is 11.1 Å². The van der Waals surface area contributed by atoms with Crippen LogP contribution in [0, 0.1) is 6.92 Å². The second kappa shape index (κ2) is 5.19. The lowest BCUT2D eigenvalue weighted by molar-refractivity contribution is 0.878. The molecule has 5 nitrogen and oxygen atoms in total. The number of benzene rings is 1. The quantitative estimate of drug-likeness (QED) is 0.792. The van der Waals surface area contributed by atoms with Gasteiger partial charge in [-0.15, -0.1) is 11.3 Å². The minimum Gasteiger partial charge on any atom is -0.378 e. The van der Waals surface area contributed by atoms with Gasteiger partial charge in [-0.2, -0.15) is 5.10 Å². The first-order chi connectivity index (χ1) is 9.33. The number of aryl methyl sites for hydroxylation is 1. The molecule has 3 aromatic rings. The molecule has 0 atom stereocenters. The monoisotopic (exact) mass is 271 g/mol. The average molecular weight is 271 g/mol. The van der Waals surface area contributed by atoms with Gasteiger partial charge in [0.15, 0.2) is 0 Å². The van der Waals surface area contributed by atoms with Crippen molar-refractivity contribution in [2.24, 2.45) is 0 Å². The Kier molecular flexibility index (Phi) is 3.24. The molecule has 0 aliphatic carbocycles. The summed E-state index contributed by atoms with van der Waals surface area (Å²) in [6.07, 6.45) is 5.13. The topological polar surface area (TPSA) is 55.6 Å². The Labute approximate surface area is 115 Å². The highest BCUT2D eigenvalue weighted by atomic mass is 32.1. The molecule has 0 aliphatic rings. The molecule has 1 aromatic carbocycles. The van der Waals surface area contributed by atoms with Crippen LogP contribution in [0.5, 0.6) is 0 Å². The number of thiazole rings is 1. The summed E-state index contributed by atoms with van der Waals surface area (Å²) in [4.78, 5) is 9.44. The molecule has 0 fully saturated rings. The molecule has 0 amide bonds. The van der Waals surface area contributed by atoms with E-state index in [0.717, 1.165) is 22.9 Å². The van der Waals surface area contributed by atoms with Crippen molar-refractivity contribution < 1.29 is 0 Å². The van der Waals surface area contributed by atoms with Crippen molar-refractivity contribution in [3.63, 3.8) is 0 Å². The van der Waals surface area contributed by atoms with Gasteiger partial charge in [-0.3, -0.25) is 0 Å². The first kappa shape index (κ1) is 11.9. The van der Waals surface area contributed by atoms with Gasteiger partial charge in [-0.1, -0.05) is 12.1 Å². The van der Waals surface area contributed by atoms with Gasteiger partial charge >= 0.3 is 0 Å². The van der Waals surface area contributed by atoms with Gasteiger partial charge in [0.1, 0.15) is 12.7 Å². The van der Waals surface area contributed by atoms with Crippen LogP contribution in [0.4, 0.5) is 5.69 Å². The van der Waals surface area contributed by atoms with Crippen LogP contribution in [0.3, 0.4) is 0 Å². The Morgan fingerprint density at radius 3 is 2.95 bits per heavy atom. The molecule has 3 rings (SSSR count). The average Bonchev–Trinajstić information content (AvgIpc) is 3.08. The van der Waals surface area contributed by atoms with E-state index in [1.807, 2.05) is 37.4 Å². The first-order valence-electron chi connectivity index (χ1n) is 5.92. The predicted octanol–water partition coefficient (Wildman–Crippen LogP) is 2.64. The molecule has 0 saturated carbocycles. The summed E-state index contributed by atoms with van der Waals surface area (Å²) in [5.74, 6) is 0. The third-order valence-electron chi connectivity index (χ3n) is 2.69. The van der Waals surface area contributed by atoms with Crippen molar-refractivity contribution in [1.82, 2.24) is 19.7 Å². The molecule has 2 aromatic heterocycles. The van der Waals surface area contributed by atoms with E-state index in [0.29, 0.717) is 0 Å². The second-order valence-electron chi connectivity index (χ2n) is 4.06. The van der Waals surface area contributed by atoms with Crippen molar-refractivity contribution in [3.8, 4) is 5.69 Å².